The van der Waals surface area contributed by atoms with Crippen molar-refractivity contribution in [1.29, 1.82) is 0 Å². The van der Waals surface area contributed by atoms with Crippen LogP contribution in [-0.4, -0.2) is 14.2 Å². The Bertz CT molecular complexity index is 392. The molecule has 1 aromatic carbocycles. The molecule has 0 aromatic heterocycles. The number of benzene rings is 1. The highest BCUT2D eigenvalue weighted by atomic mass is 16.5. The van der Waals surface area contributed by atoms with E-state index < -0.39 is 5.54 Å². The van der Waals surface area contributed by atoms with Gasteiger partial charge < -0.3 is 15.2 Å². The minimum absolute atomic E-state index is 0.447. The molecule has 0 spiro atoms. The second-order valence-corrected chi connectivity index (χ2v) is 4.65. The molecule has 0 saturated heterocycles. The van der Waals surface area contributed by atoms with Gasteiger partial charge in [0.2, 0.25) is 0 Å². The van der Waals surface area contributed by atoms with Crippen molar-refractivity contribution in [2.75, 3.05) is 14.2 Å². The molecule has 0 bridgehead atoms. The first-order valence-corrected chi connectivity index (χ1v) is 5.34. The zero-order valence-electron chi connectivity index (χ0n) is 11.0. The lowest BCUT2D eigenvalue weighted by Gasteiger charge is -2.25. The van der Waals surface area contributed by atoms with Crippen molar-refractivity contribution in [3.63, 3.8) is 0 Å². The molecule has 0 fully saturated rings. The second-order valence-electron chi connectivity index (χ2n) is 4.65. The Morgan fingerprint density at radius 2 is 1.56 bits per heavy atom. The van der Waals surface area contributed by atoms with E-state index in [0.717, 1.165) is 28.2 Å². The van der Waals surface area contributed by atoms with Crippen LogP contribution in [0.4, 0.5) is 0 Å². The van der Waals surface area contributed by atoms with E-state index in [9.17, 15) is 0 Å². The summed E-state index contributed by atoms with van der Waals surface area (Å²) in [5.41, 5.74) is 8.91. The molecule has 0 atom stereocenters. The molecule has 0 radical (unpaired) electrons. The molecule has 0 aliphatic heterocycles. The lowest BCUT2D eigenvalue weighted by molar-refractivity contribution is 0.341. The number of rotatable bonds is 3. The van der Waals surface area contributed by atoms with Crippen LogP contribution in [0.2, 0.25) is 0 Å². The van der Waals surface area contributed by atoms with Crippen molar-refractivity contribution < 1.29 is 9.47 Å². The summed E-state index contributed by atoms with van der Waals surface area (Å²) >= 11 is 0. The lowest BCUT2D eigenvalue weighted by atomic mass is 9.91. The molecular formula is C13H21NO2. The normalized spacial score (nSPS) is 11.4. The smallest absolute Gasteiger partial charge is 0.166 e. The first-order chi connectivity index (χ1) is 7.32. The molecular weight excluding hydrogens is 202 g/mol. The van der Waals surface area contributed by atoms with Crippen LogP contribution in [0.25, 0.3) is 0 Å². The van der Waals surface area contributed by atoms with Gasteiger partial charge in [-0.25, -0.2) is 0 Å². The standard InChI is InChI=1S/C13H21NO2/c1-8-7-10(13(3,4)14)12(16-6)11(15-5)9(8)2/h7H,14H2,1-6H3. The van der Waals surface area contributed by atoms with Crippen LogP contribution in [0, 0.1) is 13.8 Å². The fraction of sp³-hybridized carbons (Fsp3) is 0.538. The molecule has 0 aliphatic rings. The van der Waals surface area contributed by atoms with Gasteiger partial charge in [0.15, 0.2) is 11.5 Å². The van der Waals surface area contributed by atoms with Crippen LogP contribution in [0.5, 0.6) is 11.5 Å². The second kappa shape index (κ2) is 4.34. The summed E-state index contributed by atoms with van der Waals surface area (Å²) in [7, 11) is 3.29. The van der Waals surface area contributed by atoms with Gasteiger partial charge in [0.1, 0.15) is 0 Å². The highest BCUT2D eigenvalue weighted by Crippen LogP contribution is 2.40. The first-order valence-electron chi connectivity index (χ1n) is 5.34. The predicted molar refractivity (Wildman–Crippen MR) is 66.2 cm³/mol. The zero-order valence-corrected chi connectivity index (χ0v) is 11.0. The number of hydrogen-bond acceptors (Lipinski definition) is 3. The third-order valence-corrected chi connectivity index (χ3v) is 2.85. The number of nitrogens with two attached hydrogens (primary N) is 1. The Labute approximate surface area is 97.6 Å². The number of aryl methyl sites for hydroxylation is 1. The highest BCUT2D eigenvalue weighted by Gasteiger charge is 2.24. The third-order valence-electron chi connectivity index (χ3n) is 2.85. The van der Waals surface area contributed by atoms with Gasteiger partial charge in [-0.2, -0.15) is 0 Å². The summed E-state index contributed by atoms with van der Waals surface area (Å²) < 4.78 is 10.8. The van der Waals surface area contributed by atoms with E-state index in [2.05, 4.69) is 6.07 Å². The lowest BCUT2D eigenvalue weighted by Crippen LogP contribution is -2.29. The van der Waals surface area contributed by atoms with Crippen molar-refractivity contribution in [2.24, 2.45) is 5.73 Å². The van der Waals surface area contributed by atoms with Crippen molar-refractivity contribution in [3.8, 4) is 11.5 Å². The largest absolute Gasteiger partial charge is 0.493 e. The van der Waals surface area contributed by atoms with Crippen LogP contribution >= 0.6 is 0 Å². The molecule has 0 unspecified atom stereocenters. The highest BCUT2D eigenvalue weighted by molar-refractivity contribution is 5.56. The Balaban J connectivity index is 3.57. The molecule has 16 heavy (non-hydrogen) atoms. The summed E-state index contributed by atoms with van der Waals surface area (Å²) in [6.07, 6.45) is 0. The molecule has 1 rings (SSSR count). The Kier molecular flexibility index (Phi) is 3.48. The Hall–Kier alpha value is -1.22. The van der Waals surface area contributed by atoms with Gasteiger partial charge in [-0.1, -0.05) is 6.07 Å². The van der Waals surface area contributed by atoms with E-state index >= 15 is 0 Å². The van der Waals surface area contributed by atoms with E-state index in [-0.39, 0.29) is 0 Å². The summed E-state index contributed by atoms with van der Waals surface area (Å²) in [4.78, 5) is 0. The van der Waals surface area contributed by atoms with Gasteiger partial charge in [0.25, 0.3) is 0 Å². The van der Waals surface area contributed by atoms with Crippen LogP contribution < -0.4 is 15.2 Å². The van der Waals surface area contributed by atoms with Crippen LogP contribution in [0.1, 0.15) is 30.5 Å². The first kappa shape index (κ1) is 12.8. The van der Waals surface area contributed by atoms with Crippen LogP contribution in [-0.2, 0) is 5.54 Å². The molecule has 0 saturated carbocycles. The van der Waals surface area contributed by atoms with E-state index in [1.54, 1.807) is 14.2 Å². The van der Waals surface area contributed by atoms with Gasteiger partial charge in [0.05, 0.1) is 14.2 Å². The summed E-state index contributed by atoms with van der Waals surface area (Å²) in [6, 6.07) is 2.07. The minimum atomic E-state index is -0.447. The molecule has 2 N–H and O–H groups in total. The maximum Gasteiger partial charge on any atom is 0.166 e. The molecule has 0 aliphatic carbocycles. The van der Waals surface area contributed by atoms with Crippen molar-refractivity contribution in [1.82, 2.24) is 0 Å². The minimum Gasteiger partial charge on any atom is -0.493 e. The van der Waals surface area contributed by atoms with E-state index in [1.807, 2.05) is 27.7 Å². The number of ether oxygens (including phenoxy) is 2. The maximum absolute atomic E-state index is 6.14. The van der Waals surface area contributed by atoms with E-state index in [1.165, 1.54) is 0 Å². The number of hydrogen-bond donors (Lipinski definition) is 1. The van der Waals surface area contributed by atoms with Crippen molar-refractivity contribution in [3.05, 3.63) is 22.8 Å². The van der Waals surface area contributed by atoms with E-state index in [4.69, 9.17) is 15.2 Å². The Morgan fingerprint density at radius 3 is 1.94 bits per heavy atom. The monoisotopic (exact) mass is 223 g/mol. The SMILES string of the molecule is COc1c(C(C)(C)N)cc(C)c(C)c1OC. The van der Waals surface area contributed by atoms with Gasteiger partial charge in [-0.05, 0) is 38.8 Å². The average Bonchev–Trinajstić information content (AvgIpc) is 2.19. The molecule has 1 aromatic rings. The Morgan fingerprint density at radius 1 is 1.06 bits per heavy atom. The van der Waals surface area contributed by atoms with Gasteiger partial charge >= 0.3 is 0 Å². The summed E-state index contributed by atoms with van der Waals surface area (Å²) in [6.45, 7) is 7.98. The molecule has 3 nitrogen and oxygen atoms in total. The topological polar surface area (TPSA) is 44.5 Å². The fourth-order valence-electron chi connectivity index (χ4n) is 1.79. The zero-order chi connectivity index (χ0) is 12.5. The van der Waals surface area contributed by atoms with Crippen LogP contribution in [0.3, 0.4) is 0 Å². The van der Waals surface area contributed by atoms with Crippen molar-refractivity contribution in [2.45, 2.75) is 33.2 Å². The maximum atomic E-state index is 6.14. The third kappa shape index (κ3) is 2.14. The molecule has 0 amide bonds. The van der Waals surface area contributed by atoms with Gasteiger partial charge in [0, 0.05) is 11.1 Å². The van der Waals surface area contributed by atoms with Gasteiger partial charge in [-0.3, -0.25) is 0 Å². The van der Waals surface area contributed by atoms with E-state index in [0.29, 0.717) is 0 Å². The number of methoxy groups -OCH3 is 2. The fourth-order valence-corrected chi connectivity index (χ4v) is 1.79. The van der Waals surface area contributed by atoms with Crippen molar-refractivity contribution >= 4 is 0 Å². The predicted octanol–water partition coefficient (Wildman–Crippen LogP) is 2.51. The molecule has 0 heterocycles. The molecule has 3 heteroatoms. The van der Waals surface area contributed by atoms with Crippen LogP contribution in [0.15, 0.2) is 6.07 Å². The van der Waals surface area contributed by atoms with Gasteiger partial charge in [-0.15, -0.1) is 0 Å². The molecule has 90 valence electrons. The summed E-state index contributed by atoms with van der Waals surface area (Å²) in [5.74, 6) is 1.51. The summed E-state index contributed by atoms with van der Waals surface area (Å²) in [5, 5.41) is 0. The average molecular weight is 223 g/mol. The quantitative estimate of drug-likeness (QED) is 0.856.